The number of carbonyl (C=O) groups is 2. The molecule has 0 spiro atoms. The molecule has 1 aliphatic rings. The average Bonchev–Trinajstić information content (AvgIpc) is 2.52. The van der Waals surface area contributed by atoms with Gasteiger partial charge in [0.25, 0.3) is 0 Å². The molecule has 0 aromatic carbocycles. The van der Waals surface area contributed by atoms with Gasteiger partial charge in [-0.2, -0.15) is 0 Å². The molecule has 1 unspecified atom stereocenters. The lowest BCUT2D eigenvalue weighted by molar-refractivity contribution is -0.168. The van der Waals surface area contributed by atoms with Gasteiger partial charge in [-0.25, -0.2) is 4.79 Å². The Labute approximate surface area is 82.0 Å². The van der Waals surface area contributed by atoms with Crippen molar-refractivity contribution >= 4 is 11.9 Å². The minimum atomic E-state index is -0.969. The Balaban J connectivity index is 2.52. The van der Waals surface area contributed by atoms with Crippen molar-refractivity contribution in [2.45, 2.75) is 26.4 Å². The minimum Gasteiger partial charge on any atom is -0.463 e. The minimum absolute atomic E-state index is 0.288. The number of aliphatic hydroxyl groups is 1. The van der Waals surface area contributed by atoms with E-state index in [1.807, 2.05) is 0 Å². The van der Waals surface area contributed by atoms with Gasteiger partial charge < -0.3 is 14.6 Å². The third-order valence-corrected chi connectivity index (χ3v) is 2.08. The summed E-state index contributed by atoms with van der Waals surface area (Å²) in [6.45, 7) is 3.08. The summed E-state index contributed by atoms with van der Waals surface area (Å²) in [6, 6.07) is 0. The molecule has 0 saturated carbocycles. The lowest BCUT2D eigenvalue weighted by Gasteiger charge is -2.20. The van der Waals surface area contributed by atoms with E-state index in [9.17, 15) is 9.59 Å². The van der Waals surface area contributed by atoms with Crippen LogP contribution in [0.1, 0.15) is 20.3 Å². The van der Waals surface area contributed by atoms with Crippen LogP contribution in [-0.4, -0.2) is 36.4 Å². The smallest absolute Gasteiger partial charge is 0.347 e. The van der Waals surface area contributed by atoms with Gasteiger partial charge in [-0.1, -0.05) is 0 Å². The van der Waals surface area contributed by atoms with Crippen molar-refractivity contribution in [3.63, 3.8) is 0 Å². The molecule has 1 rings (SSSR count). The molecule has 0 bridgehead atoms. The molecule has 1 heterocycles. The molecule has 1 N–H and O–H groups in total. The van der Waals surface area contributed by atoms with Crippen LogP contribution in [0, 0.1) is 5.41 Å². The monoisotopic (exact) mass is 202 g/mol. The first-order valence-electron chi connectivity index (χ1n) is 4.46. The number of rotatable bonds is 3. The lowest BCUT2D eigenvalue weighted by atomic mass is 9.95. The van der Waals surface area contributed by atoms with E-state index in [2.05, 4.69) is 4.74 Å². The molecule has 1 fully saturated rings. The zero-order chi connectivity index (χ0) is 10.8. The normalized spacial score (nSPS) is 21.9. The van der Waals surface area contributed by atoms with E-state index < -0.39 is 23.5 Å². The molecule has 0 aromatic heterocycles. The van der Waals surface area contributed by atoms with Gasteiger partial charge in [0.15, 0.2) is 0 Å². The number of cyclic esters (lactones) is 1. The maximum Gasteiger partial charge on any atom is 0.347 e. The fourth-order valence-electron chi connectivity index (χ4n) is 0.938. The maximum atomic E-state index is 11.4. The van der Waals surface area contributed by atoms with Crippen LogP contribution in [0.15, 0.2) is 0 Å². The zero-order valence-electron chi connectivity index (χ0n) is 8.28. The first kappa shape index (κ1) is 11.0. The first-order valence-corrected chi connectivity index (χ1v) is 4.46. The molecule has 1 atom stereocenters. The summed E-state index contributed by atoms with van der Waals surface area (Å²) in [5, 5.41) is 8.89. The highest BCUT2D eigenvalue weighted by molar-refractivity contribution is 5.82. The van der Waals surface area contributed by atoms with Gasteiger partial charge in [-0.05, 0) is 13.8 Å². The van der Waals surface area contributed by atoms with Gasteiger partial charge in [0.1, 0.15) is 0 Å². The Morgan fingerprint density at radius 3 is 2.79 bits per heavy atom. The molecule has 0 radical (unpaired) electrons. The molecule has 1 saturated heterocycles. The fraction of sp³-hybridized carbons (Fsp3) is 0.778. The SMILES string of the molecule is CC(C)(CO)C(=O)OC1CCOC1=O. The summed E-state index contributed by atoms with van der Waals surface area (Å²) in [7, 11) is 0. The summed E-state index contributed by atoms with van der Waals surface area (Å²) in [4.78, 5) is 22.4. The maximum absolute atomic E-state index is 11.4. The van der Waals surface area contributed by atoms with Crippen LogP contribution in [0.2, 0.25) is 0 Å². The van der Waals surface area contributed by atoms with Crippen LogP contribution in [-0.2, 0) is 19.1 Å². The second-order valence-electron chi connectivity index (χ2n) is 3.89. The Kier molecular flexibility index (Phi) is 3.10. The molecule has 5 nitrogen and oxygen atoms in total. The summed E-state index contributed by atoms with van der Waals surface area (Å²) in [5.41, 5.74) is -0.969. The molecule has 0 aliphatic carbocycles. The first-order chi connectivity index (χ1) is 6.47. The Bertz CT molecular complexity index is 246. The molecule has 80 valence electrons. The van der Waals surface area contributed by atoms with Crippen molar-refractivity contribution in [2.75, 3.05) is 13.2 Å². The van der Waals surface area contributed by atoms with E-state index in [-0.39, 0.29) is 13.2 Å². The van der Waals surface area contributed by atoms with Crippen molar-refractivity contribution in [3.05, 3.63) is 0 Å². The number of esters is 2. The highest BCUT2D eigenvalue weighted by Gasteiger charge is 2.36. The van der Waals surface area contributed by atoms with Crippen molar-refractivity contribution in [1.29, 1.82) is 0 Å². The predicted molar refractivity (Wildman–Crippen MR) is 46.3 cm³/mol. The van der Waals surface area contributed by atoms with E-state index in [0.29, 0.717) is 6.42 Å². The number of aliphatic hydroxyl groups excluding tert-OH is 1. The average molecular weight is 202 g/mol. The van der Waals surface area contributed by atoms with Crippen LogP contribution in [0.4, 0.5) is 0 Å². The molecule has 0 amide bonds. The largest absolute Gasteiger partial charge is 0.463 e. The second-order valence-corrected chi connectivity index (χ2v) is 3.89. The summed E-state index contributed by atoms with van der Waals surface area (Å²) >= 11 is 0. The number of carbonyl (C=O) groups excluding carboxylic acids is 2. The third-order valence-electron chi connectivity index (χ3n) is 2.08. The van der Waals surface area contributed by atoms with Crippen molar-refractivity contribution < 1.29 is 24.2 Å². The van der Waals surface area contributed by atoms with Gasteiger partial charge in [0.2, 0.25) is 6.10 Å². The quantitative estimate of drug-likeness (QED) is 0.645. The lowest BCUT2D eigenvalue weighted by Crippen LogP contribution is -2.34. The van der Waals surface area contributed by atoms with Gasteiger partial charge >= 0.3 is 11.9 Å². The van der Waals surface area contributed by atoms with E-state index in [1.165, 1.54) is 0 Å². The van der Waals surface area contributed by atoms with Gasteiger partial charge in [-0.3, -0.25) is 4.79 Å². The number of ether oxygens (including phenoxy) is 2. The van der Waals surface area contributed by atoms with Crippen LogP contribution in [0.25, 0.3) is 0 Å². The highest BCUT2D eigenvalue weighted by Crippen LogP contribution is 2.20. The second kappa shape index (κ2) is 3.96. The van der Waals surface area contributed by atoms with Gasteiger partial charge in [0, 0.05) is 6.42 Å². The zero-order valence-corrected chi connectivity index (χ0v) is 8.28. The van der Waals surface area contributed by atoms with Crippen molar-refractivity contribution in [1.82, 2.24) is 0 Å². The van der Waals surface area contributed by atoms with Crippen LogP contribution in [0.5, 0.6) is 0 Å². The summed E-state index contributed by atoms with van der Waals surface area (Å²) in [5.74, 6) is -1.09. The molecule has 0 aromatic rings. The van der Waals surface area contributed by atoms with Crippen LogP contribution >= 0.6 is 0 Å². The summed E-state index contributed by atoms with van der Waals surface area (Å²) in [6.07, 6.45) is -0.403. The standard InChI is InChI=1S/C9H14O5/c1-9(2,5-10)8(12)14-6-3-4-13-7(6)11/h6,10H,3-5H2,1-2H3. The molecular weight excluding hydrogens is 188 g/mol. The van der Waals surface area contributed by atoms with E-state index >= 15 is 0 Å². The predicted octanol–water partition coefficient (Wildman–Crippen LogP) is -0.136. The van der Waals surface area contributed by atoms with Crippen LogP contribution < -0.4 is 0 Å². The fourth-order valence-corrected chi connectivity index (χ4v) is 0.938. The Morgan fingerprint density at radius 2 is 2.36 bits per heavy atom. The molecule has 5 heteroatoms. The van der Waals surface area contributed by atoms with Crippen LogP contribution in [0.3, 0.4) is 0 Å². The molecule has 14 heavy (non-hydrogen) atoms. The van der Waals surface area contributed by atoms with Crippen molar-refractivity contribution in [2.24, 2.45) is 5.41 Å². The van der Waals surface area contributed by atoms with E-state index in [1.54, 1.807) is 13.8 Å². The van der Waals surface area contributed by atoms with E-state index in [4.69, 9.17) is 9.84 Å². The van der Waals surface area contributed by atoms with E-state index in [0.717, 1.165) is 0 Å². The van der Waals surface area contributed by atoms with Gasteiger partial charge in [0.05, 0.1) is 18.6 Å². The third kappa shape index (κ3) is 2.23. The topological polar surface area (TPSA) is 72.8 Å². The molecular formula is C9H14O5. The Hall–Kier alpha value is -1.10. The number of hydrogen-bond donors (Lipinski definition) is 1. The Morgan fingerprint density at radius 1 is 1.71 bits per heavy atom. The van der Waals surface area contributed by atoms with Crippen molar-refractivity contribution in [3.8, 4) is 0 Å². The van der Waals surface area contributed by atoms with Gasteiger partial charge in [-0.15, -0.1) is 0 Å². The highest BCUT2D eigenvalue weighted by atomic mass is 16.6. The number of hydrogen-bond acceptors (Lipinski definition) is 5. The summed E-state index contributed by atoms with van der Waals surface area (Å²) < 4.78 is 9.54. The molecule has 1 aliphatic heterocycles.